The molecule has 1 unspecified atom stereocenters. The van der Waals surface area contributed by atoms with Gasteiger partial charge in [-0.05, 0) is 25.5 Å². The summed E-state index contributed by atoms with van der Waals surface area (Å²) in [5.41, 5.74) is 1.02. The molecule has 1 aliphatic rings. The average molecular weight is 217 g/mol. The lowest BCUT2D eigenvalue weighted by atomic mass is 9.97. The zero-order valence-corrected chi connectivity index (χ0v) is 9.71. The lowest BCUT2D eigenvalue weighted by molar-refractivity contribution is 0.117. The largest absolute Gasteiger partial charge is 0.388 e. The highest BCUT2D eigenvalue weighted by molar-refractivity contribution is 5.17. The van der Waals surface area contributed by atoms with Crippen LogP contribution in [0.5, 0.6) is 0 Å². The lowest BCUT2D eigenvalue weighted by Gasteiger charge is -2.30. The van der Waals surface area contributed by atoms with Gasteiger partial charge in [0.15, 0.2) is 0 Å². The molecule has 1 aromatic rings. The maximum absolute atomic E-state index is 10.1. The molecule has 2 atom stereocenters. The maximum atomic E-state index is 10.1. The minimum atomic E-state index is -0.347. The molecule has 1 heterocycles. The second-order valence-electron chi connectivity index (χ2n) is 4.46. The Kier molecular flexibility index (Phi) is 3.75. The molecule has 2 nitrogen and oxygen atoms in total. The summed E-state index contributed by atoms with van der Waals surface area (Å²) in [5, 5.41) is 10.1. The van der Waals surface area contributed by atoms with Gasteiger partial charge in [-0.25, -0.2) is 0 Å². The van der Waals surface area contributed by atoms with Crippen molar-refractivity contribution in [1.29, 1.82) is 0 Å². The van der Waals surface area contributed by atoms with Crippen LogP contribution in [0.2, 0.25) is 0 Å². The van der Waals surface area contributed by atoms with Crippen molar-refractivity contribution >= 4 is 0 Å². The minimum absolute atomic E-state index is 0.347. The molecule has 0 aliphatic carbocycles. The van der Waals surface area contributed by atoms with Crippen LogP contribution in [0.15, 0.2) is 42.5 Å². The van der Waals surface area contributed by atoms with Crippen LogP contribution in [0.1, 0.15) is 24.5 Å². The molecule has 2 heteroatoms. The standard InChI is InChI=1S/C14H19NO/c1-15-10-6-5-9-13(15)11-14(16)12-7-3-2-4-8-12/h2-8,13-14,16H,9-11H2,1H3/t13?,14-/m0/s1. The Labute approximate surface area is 97.2 Å². The van der Waals surface area contributed by atoms with Crippen LogP contribution >= 0.6 is 0 Å². The maximum Gasteiger partial charge on any atom is 0.0805 e. The molecule has 0 aromatic heterocycles. The normalized spacial score (nSPS) is 23.2. The molecule has 86 valence electrons. The summed E-state index contributed by atoms with van der Waals surface area (Å²) in [5.74, 6) is 0. The highest BCUT2D eigenvalue weighted by Crippen LogP contribution is 2.23. The highest BCUT2D eigenvalue weighted by atomic mass is 16.3. The number of aliphatic hydroxyl groups excluding tert-OH is 1. The van der Waals surface area contributed by atoms with Crippen molar-refractivity contribution in [3.8, 4) is 0 Å². The van der Waals surface area contributed by atoms with E-state index in [4.69, 9.17) is 0 Å². The van der Waals surface area contributed by atoms with Gasteiger partial charge < -0.3 is 5.11 Å². The predicted octanol–water partition coefficient (Wildman–Crippen LogP) is 2.37. The summed E-state index contributed by atoms with van der Waals surface area (Å²) in [7, 11) is 2.12. The van der Waals surface area contributed by atoms with Crippen LogP contribution in [0, 0.1) is 0 Å². The first kappa shape index (κ1) is 11.4. The molecule has 0 fully saturated rings. The highest BCUT2D eigenvalue weighted by Gasteiger charge is 2.20. The Morgan fingerprint density at radius 1 is 1.31 bits per heavy atom. The average Bonchev–Trinajstić information content (AvgIpc) is 2.33. The van der Waals surface area contributed by atoms with Crippen LogP contribution in [0.4, 0.5) is 0 Å². The van der Waals surface area contributed by atoms with Gasteiger partial charge in [-0.1, -0.05) is 42.5 Å². The topological polar surface area (TPSA) is 23.5 Å². The smallest absolute Gasteiger partial charge is 0.0805 e. The van der Waals surface area contributed by atoms with Gasteiger partial charge in [-0.15, -0.1) is 0 Å². The zero-order chi connectivity index (χ0) is 11.4. The van der Waals surface area contributed by atoms with Gasteiger partial charge in [0.25, 0.3) is 0 Å². The molecule has 0 radical (unpaired) electrons. The fourth-order valence-electron chi connectivity index (χ4n) is 2.17. The number of rotatable bonds is 3. The quantitative estimate of drug-likeness (QED) is 0.786. The first-order chi connectivity index (χ1) is 7.77. The first-order valence-electron chi connectivity index (χ1n) is 5.85. The van der Waals surface area contributed by atoms with Gasteiger partial charge in [0, 0.05) is 12.6 Å². The Bertz CT molecular complexity index is 347. The Morgan fingerprint density at radius 2 is 2.06 bits per heavy atom. The molecule has 1 aromatic carbocycles. The minimum Gasteiger partial charge on any atom is -0.388 e. The van der Waals surface area contributed by atoms with Crippen LogP contribution in [-0.4, -0.2) is 29.6 Å². The summed E-state index contributed by atoms with van der Waals surface area (Å²) in [6, 6.07) is 10.4. The van der Waals surface area contributed by atoms with E-state index in [1.807, 2.05) is 30.3 Å². The van der Waals surface area contributed by atoms with Crippen molar-refractivity contribution in [2.75, 3.05) is 13.6 Å². The summed E-state index contributed by atoms with van der Waals surface area (Å²) in [4.78, 5) is 2.30. The van der Waals surface area contributed by atoms with E-state index < -0.39 is 0 Å². The molecular weight excluding hydrogens is 198 g/mol. The second-order valence-corrected chi connectivity index (χ2v) is 4.46. The molecule has 2 rings (SSSR count). The van der Waals surface area contributed by atoms with Gasteiger partial charge in [-0.3, -0.25) is 4.90 Å². The summed E-state index contributed by atoms with van der Waals surface area (Å²) >= 11 is 0. The van der Waals surface area contributed by atoms with Crippen LogP contribution in [-0.2, 0) is 0 Å². The number of hydrogen-bond acceptors (Lipinski definition) is 2. The van der Waals surface area contributed by atoms with Gasteiger partial charge in [0.2, 0.25) is 0 Å². The first-order valence-corrected chi connectivity index (χ1v) is 5.85. The van der Waals surface area contributed by atoms with Crippen LogP contribution in [0.3, 0.4) is 0 Å². The van der Waals surface area contributed by atoms with Crippen molar-refractivity contribution in [1.82, 2.24) is 4.90 Å². The molecule has 1 N–H and O–H groups in total. The Morgan fingerprint density at radius 3 is 2.75 bits per heavy atom. The summed E-state index contributed by atoms with van der Waals surface area (Å²) in [6.07, 6.45) is 5.90. The number of benzene rings is 1. The van der Waals surface area contributed by atoms with E-state index in [0.29, 0.717) is 6.04 Å². The van der Waals surface area contributed by atoms with Crippen molar-refractivity contribution < 1.29 is 5.11 Å². The van der Waals surface area contributed by atoms with Crippen LogP contribution in [0.25, 0.3) is 0 Å². The third-order valence-corrected chi connectivity index (χ3v) is 3.27. The predicted molar refractivity (Wildman–Crippen MR) is 66.2 cm³/mol. The molecule has 0 saturated carbocycles. The van der Waals surface area contributed by atoms with Gasteiger partial charge in [0.1, 0.15) is 0 Å². The second kappa shape index (κ2) is 5.28. The number of nitrogens with zero attached hydrogens (tertiary/aromatic N) is 1. The molecule has 16 heavy (non-hydrogen) atoms. The summed E-state index contributed by atoms with van der Waals surface area (Å²) < 4.78 is 0. The van der Waals surface area contributed by atoms with Gasteiger partial charge >= 0.3 is 0 Å². The fraction of sp³-hybridized carbons (Fsp3) is 0.429. The van der Waals surface area contributed by atoms with E-state index in [2.05, 4.69) is 24.1 Å². The van der Waals surface area contributed by atoms with E-state index in [1.165, 1.54) is 0 Å². The third kappa shape index (κ3) is 2.71. The molecule has 0 bridgehead atoms. The van der Waals surface area contributed by atoms with Crippen molar-refractivity contribution in [3.63, 3.8) is 0 Å². The Balaban J connectivity index is 1.97. The van der Waals surface area contributed by atoms with E-state index in [9.17, 15) is 5.11 Å². The molecule has 0 amide bonds. The summed E-state index contributed by atoms with van der Waals surface area (Å²) in [6.45, 7) is 0.992. The van der Waals surface area contributed by atoms with E-state index in [0.717, 1.165) is 24.9 Å². The number of hydrogen-bond donors (Lipinski definition) is 1. The van der Waals surface area contributed by atoms with Crippen molar-refractivity contribution in [3.05, 3.63) is 48.0 Å². The zero-order valence-electron chi connectivity index (χ0n) is 9.71. The Hall–Kier alpha value is -1.12. The van der Waals surface area contributed by atoms with Crippen LogP contribution < -0.4 is 0 Å². The molecule has 0 saturated heterocycles. The van der Waals surface area contributed by atoms with E-state index in [1.54, 1.807) is 0 Å². The number of aliphatic hydroxyl groups is 1. The van der Waals surface area contributed by atoms with Gasteiger partial charge in [-0.2, -0.15) is 0 Å². The SMILES string of the molecule is CN1CC=CCC1C[C@H](O)c1ccccc1. The monoisotopic (exact) mass is 217 g/mol. The van der Waals surface area contributed by atoms with Gasteiger partial charge in [0.05, 0.1) is 6.10 Å². The van der Waals surface area contributed by atoms with E-state index >= 15 is 0 Å². The fourth-order valence-corrected chi connectivity index (χ4v) is 2.17. The lowest BCUT2D eigenvalue weighted by Crippen LogP contribution is -2.35. The van der Waals surface area contributed by atoms with Crippen molar-refractivity contribution in [2.24, 2.45) is 0 Å². The third-order valence-electron chi connectivity index (χ3n) is 3.27. The molecule has 1 aliphatic heterocycles. The number of likely N-dealkylation sites (N-methyl/N-ethyl adjacent to an activating group) is 1. The molecular formula is C14H19NO. The van der Waals surface area contributed by atoms with Crippen molar-refractivity contribution in [2.45, 2.75) is 25.0 Å². The van der Waals surface area contributed by atoms with E-state index in [-0.39, 0.29) is 6.10 Å². The molecule has 0 spiro atoms.